The highest BCUT2D eigenvalue weighted by Gasteiger charge is 2.70. The van der Waals surface area contributed by atoms with Gasteiger partial charge in [0, 0.05) is 18.3 Å². The van der Waals surface area contributed by atoms with Crippen LogP contribution in [-0.4, -0.2) is 62.4 Å². The van der Waals surface area contributed by atoms with Crippen molar-refractivity contribution in [1.82, 2.24) is 10.3 Å². The van der Waals surface area contributed by atoms with Crippen LogP contribution in [0.15, 0.2) is 53.8 Å². The van der Waals surface area contributed by atoms with Crippen LogP contribution < -0.4 is 10.1 Å². The van der Waals surface area contributed by atoms with Gasteiger partial charge in [-0.25, -0.2) is 4.98 Å². The maximum Gasteiger partial charge on any atom is 0.315 e. The molecule has 6 aliphatic rings. The van der Waals surface area contributed by atoms with E-state index in [1.54, 1.807) is 18.3 Å². The van der Waals surface area contributed by atoms with E-state index in [9.17, 15) is 15.2 Å². The number of hydrogen-bond acceptors (Lipinski definition) is 8. The number of aromatic nitrogens is 1. The van der Waals surface area contributed by atoms with Crippen molar-refractivity contribution in [3.63, 3.8) is 0 Å². The summed E-state index contributed by atoms with van der Waals surface area (Å²) in [5.74, 6) is 2.89. The van der Waals surface area contributed by atoms with Gasteiger partial charge in [0.05, 0.1) is 19.3 Å². The van der Waals surface area contributed by atoms with Crippen LogP contribution in [0, 0.1) is 68.0 Å². The minimum atomic E-state index is -1.95. The molecule has 0 aliphatic heterocycles. The van der Waals surface area contributed by atoms with Gasteiger partial charge in [0.25, 0.3) is 0 Å². The molecule has 4 fully saturated rings. The fourth-order valence-electron chi connectivity index (χ4n) is 15.1. The lowest BCUT2D eigenvalue weighted by Crippen LogP contribution is -2.68. The Morgan fingerprint density at radius 2 is 1.76 bits per heavy atom. The number of rotatable bonds is 13. The van der Waals surface area contributed by atoms with Gasteiger partial charge < -0.3 is 24.3 Å². The van der Waals surface area contributed by atoms with Crippen LogP contribution in [0.25, 0.3) is 0 Å². The summed E-state index contributed by atoms with van der Waals surface area (Å²) in [6, 6.07) is 5.58. The van der Waals surface area contributed by atoms with E-state index in [-0.39, 0.29) is 50.7 Å². The highest BCUT2D eigenvalue weighted by Crippen LogP contribution is 2.76. The third kappa shape index (κ3) is 8.05. The topological polar surface area (TPSA) is 114 Å². The molecule has 1 aromatic rings. The number of esters is 1. The number of β-amino-alcohol motifs (C(OH)–C–C–N with tert-alkyl or cyclic N) is 1. The molecule has 348 valence electrons. The Balaban J connectivity index is 1.10. The Kier molecular flexibility index (Phi) is 13.1. The lowest BCUT2D eigenvalue weighted by atomic mass is 9.33. The number of nitrogens with zero attached hydrogens (tertiary/aromatic N) is 2. The number of hydrogen-bond donors (Lipinski definition) is 2. The number of allylic oxidation sites excluding steroid dienone is 5. The van der Waals surface area contributed by atoms with E-state index in [2.05, 4.69) is 111 Å². The summed E-state index contributed by atoms with van der Waals surface area (Å²) in [5.41, 5.74) is 4.41. The second kappa shape index (κ2) is 17.1. The van der Waals surface area contributed by atoms with Gasteiger partial charge in [-0.1, -0.05) is 79.7 Å². The maximum atomic E-state index is 13.6. The molecule has 0 bridgehead atoms. The Labute approximate surface area is 382 Å². The van der Waals surface area contributed by atoms with E-state index >= 15 is 0 Å². The average molecular weight is 882 g/mol. The largest absolute Gasteiger partial charge is 0.475 e. The fourth-order valence-corrected chi connectivity index (χ4v) is 16.1. The van der Waals surface area contributed by atoms with Crippen molar-refractivity contribution in [2.24, 2.45) is 56.7 Å². The van der Waals surface area contributed by atoms with Crippen LogP contribution in [0.3, 0.4) is 0 Å². The van der Waals surface area contributed by atoms with E-state index in [0.29, 0.717) is 67.8 Å². The summed E-state index contributed by atoms with van der Waals surface area (Å²) in [6.45, 7) is 34.7. The Bertz CT molecular complexity index is 2010. The molecular weight excluding hydrogens is 799 g/mol. The molecule has 11 atom stereocenters. The smallest absolute Gasteiger partial charge is 0.315 e. The summed E-state index contributed by atoms with van der Waals surface area (Å²) in [5, 5.41) is 25.2. The number of carbonyl (C=O) groups is 1. The van der Waals surface area contributed by atoms with E-state index in [1.807, 2.05) is 6.92 Å². The van der Waals surface area contributed by atoms with Gasteiger partial charge >= 0.3 is 5.97 Å². The zero-order valence-electron chi connectivity index (χ0n) is 41.3. The molecule has 0 spiro atoms. The molecule has 0 aromatic carbocycles. The molecule has 2 N–H and O–H groups in total. The van der Waals surface area contributed by atoms with Crippen LogP contribution in [-0.2, 0) is 14.0 Å². The predicted molar refractivity (Wildman–Crippen MR) is 255 cm³/mol. The first-order valence-corrected chi connectivity index (χ1v) is 27.6. The summed E-state index contributed by atoms with van der Waals surface area (Å²) in [6.07, 6.45) is 18.9. The molecule has 9 heteroatoms. The van der Waals surface area contributed by atoms with E-state index in [0.717, 1.165) is 25.7 Å². The number of fused-ring (bicyclic) bond motifs is 7. The van der Waals surface area contributed by atoms with Gasteiger partial charge in [-0.3, -0.25) is 4.79 Å². The number of aliphatic hydroxyl groups excluding tert-OH is 1. The molecule has 1 heterocycles. The van der Waals surface area contributed by atoms with Crippen molar-refractivity contribution < 1.29 is 23.8 Å². The monoisotopic (exact) mass is 882 g/mol. The molecule has 0 radical (unpaired) electrons. The first kappa shape index (κ1) is 48.2. The van der Waals surface area contributed by atoms with Gasteiger partial charge in [-0.15, -0.1) is 0 Å². The molecule has 0 unspecified atom stereocenters. The summed E-state index contributed by atoms with van der Waals surface area (Å²) in [4.78, 5) is 17.9. The number of carbonyl (C=O) groups excluding carboxylic acids is 1. The number of nitrogens with one attached hydrogen (secondary N) is 1. The minimum Gasteiger partial charge on any atom is -0.475 e. The van der Waals surface area contributed by atoms with E-state index in [4.69, 9.17) is 13.9 Å². The highest BCUT2D eigenvalue weighted by molar-refractivity contribution is 6.74. The normalized spacial score (nSPS) is 37.7. The number of ether oxygens (including phenoxy) is 2. The van der Waals surface area contributed by atoms with Gasteiger partial charge in [-0.2, -0.15) is 5.26 Å². The molecule has 63 heavy (non-hydrogen) atoms. The molecule has 1 aromatic heterocycles. The molecule has 0 amide bonds. The highest BCUT2D eigenvalue weighted by atomic mass is 28.4. The van der Waals surface area contributed by atoms with Crippen LogP contribution in [0.4, 0.5) is 0 Å². The van der Waals surface area contributed by atoms with Gasteiger partial charge in [0.15, 0.2) is 8.32 Å². The number of pyridine rings is 1. The van der Waals surface area contributed by atoms with Crippen molar-refractivity contribution in [2.75, 3.05) is 26.4 Å². The first-order valence-electron chi connectivity index (χ1n) is 24.7. The van der Waals surface area contributed by atoms with Crippen molar-refractivity contribution in [3.8, 4) is 11.9 Å². The standard InChI is InChI=1S/C54H83N3O5Si/c1-14-60-47(59)53(35-61-46-38(32-55)16-15-31-56-46)26-19-37(20-27-53)41-22-24-50(9)43(49(41,7)8)23-25-52(11)44(50)18-17-42-45-40(36(2)3)21-28-54(45,30-29-51(42,52)10)57-33-39(58)34-62-63(12,13)48(4,5)6/h15-16,19,22,31,39-40,42-45,57-58H,2,14,17-18,20-21,23-30,33-35H2,1,3-13H3/t39-,40+,42-,43+,44-,45-,50+,51-,52-,53+,54+/m1/s1. The minimum absolute atomic E-state index is 0.00866. The summed E-state index contributed by atoms with van der Waals surface area (Å²) in [7, 11) is -1.95. The SMILES string of the molecule is C=C(C)[C@@H]1CC[C@]2(NC[C@@H](O)CO[Si](C)(C)C(C)(C)C)CC[C@]3(C)[C@H](CC[C@@H]4[C@@]5(C)CC=C(C6=CC[C@](COc7ncccc7C#N)(C(=O)OCC)CC6)C(C)(C)[C@@H]5CC[C@]43C)[C@@H]12. The van der Waals surface area contributed by atoms with Crippen LogP contribution in [0.2, 0.25) is 18.1 Å². The maximum absolute atomic E-state index is 13.6. The fraction of sp³-hybridized carbons (Fsp3) is 0.759. The summed E-state index contributed by atoms with van der Waals surface area (Å²) < 4.78 is 18.3. The Hall–Kier alpha value is -2.77. The van der Waals surface area contributed by atoms with Crippen LogP contribution in [0.5, 0.6) is 5.88 Å². The van der Waals surface area contributed by atoms with E-state index < -0.39 is 19.8 Å². The Morgan fingerprint density at radius 1 is 1.02 bits per heavy atom. The van der Waals surface area contributed by atoms with Crippen molar-refractivity contribution in [3.05, 3.63) is 59.3 Å². The molecule has 7 rings (SSSR count). The van der Waals surface area contributed by atoms with Crippen molar-refractivity contribution in [1.29, 1.82) is 5.26 Å². The molecular formula is C54H83N3O5Si. The molecule has 0 saturated heterocycles. The third-order valence-electron chi connectivity index (χ3n) is 19.8. The van der Waals surface area contributed by atoms with Crippen molar-refractivity contribution >= 4 is 14.3 Å². The van der Waals surface area contributed by atoms with E-state index in [1.165, 1.54) is 55.2 Å². The lowest BCUT2D eigenvalue weighted by molar-refractivity contribution is -0.221. The molecule has 8 nitrogen and oxygen atoms in total. The number of nitriles is 1. The Morgan fingerprint density at radius 3 is 2.41 bits per heavy atom. The quantitative estimate of drug-likeness (QED) is 0.114. The predicted octanol–water partition coefficient (Wildman–Crippen LogP) is 11.9. The zero-order valence-corrected chi connectivity index (χ0v) is 42.3. The second-order valence-electron chi connectivity index (χ2n) is 24.2. The van der Waals surface area contributed by atoms with Gasteiger partial charge in [0.1, 0.15) is 23.7 Å². The second-order valence-corrected chi connectivity index (χ2v) is 29.0. The third-order valence-corrected chi connectivity index (χ3v) is 24.3. The number of aliphatic hydroxyl groups is 1. The first-order chi connectivity index (χ1) is 29.5. The van der Waals surface area contributed by atoms with Crippen molar-refractivity contribution in [2.45, 2.75) is 176 Å². The van der Waals surface area contributed by atoms with Gasteiger partial charge in [0.2, 0.25) is 5.88 Å². The average Bonchev–Trinajstić information content (AvgIpc) is 3.62. The van der Waals surface area contributed by atoms with Crippen LogP contribution >= 0.6 is 0 Å². The van der Waals surface area contributed by atoms with Gasteiger partial charge in [-0.05, 0) is 184 Å². The lowest BCUT2D eigenvalue weighted by Gasteiger charge is -2.72. The van der Waals surface area contributed by atoms with Crippen LogP contribution in [0.1, 0.15) is 152 Å². The zero-order chi connectivity index (χ0) is 46.0. The molecule has 6 aliphatic carbocycles. The summed E-state index contributed by atoms with van der Waals surface area (Å²) >= 11 is 0. The molecule has 4 saturated carbocycles.